The molecule has 2 heterocycles. The van der Waals surface area contributed by atoms with Crippen LogP contribution in [0.4, 0.5) is 0 Å². The molecule has 0 bridgehead atoms. The summed E-state index contributed by atoms with van der Waals surface area (Å²) >= 11 is 1.55. The van der Waals surface area contributed by atoms with Gasteiger partial charge in [-0.25, -0.2) is 4.98 Å². The first-order chi connectivity index (χ1) is 6.75. The third-order valence-electron chi connectivity index (χ3n) is 2.26. The lowest BCUT2D eigenvalue weighted by Gasteiger charge is -2.04. The summed E-state index contributed by atoms with van der Waals surface area (Å²) in [5.74, 6) is -0.818. The quantitative estimate of drug-likeness (QED) is 0.790. The maximum atomic E-state index is 10.4. The van der Waals surface area contributed by atoms with Crippen LogP contribution in [0.15, 0.2) is 5.38 Å². The van der Waals surface area contributed by atoms with Gasteiger partial charge in [0, 0.05) is 5.38 Å². The van der Waals surface area contributed by atoms with Crippen molar-refractivity contribution in [1.29, 1.82) is 0 Å². The molecule has 1 saturated heterocycles. The number of carboxylic acids is 1. The Kier molecular flexibility index (Phi) is 2.79. The predicted octanol–water partition coefficient (Wildman–Crippen LogP) is 1.19. The zero-order chi connectivity index (χ0) is 9.97. The van der Waals surface area contributed by atoms with E-state index in [0.717, 1.165) is 18.0 Å². The molecule has 4 nitrogen and oxygen atoms in total. The van der Waals surface area contributed by atoms with Crippen LogP contribution in [-0.4, -0.2) is 22.6 Å². The molecule has 1 atom stereocenters. The summed E-state index contributed by atoms with van der Waals surface area (Å²) in [6, 6.07) is 0.350. The Labute approximate surface area is 86.0 Å². The molecule has 1 aliphatic rings. The molecule has 0 saturated carbocycles. The summed E-state index contributed by atoms with van der Waals surface area (Å²) in [6.45, 7) is 1.04. The van der Waals surface area contributed by atoms with Gasteiger partial charge in [0.15, 0.2) is 0 Å². The minimum atomic E-state index is -0.818. The molecular formula is C9H12N2O2S. The zero-order valence-electron chi connectivity index (χ0n) is 7.69. The number of thiazole rings is 1. The Morgan fingerprint density at radius 1 is 1.79 bits per heavy atom. The molecule has 0 spiro atoms. The van der Waals surface area contributed by atoms with Crippen molar-refractivity contribution in [1.82, 2.24) is 10.3 Å². The van der Waals surface area contributed by atoms with E-state index in [1.807, 2.05) is 5.38 Å². The summed E-state index contributed by atoms with van der Waals surface area (Å²) in [7, 11) is 0. The molecule has 0 aliphatic carbocycles. The third-order valence-corrected chi connectivity index (χ3v) is 3.27. The first kappa shape index (κ1) is 9.61. The molecule has 2 N–H and O–H groups in total. The van der Waals surface area contributed by atoms with Gasteiger partial charge in [0.2, 0.25) is 0 Å². The highest BCUT2D eigenvalue weighted by Crippen LogP contribution is 2.25. The number of hydrogen-bond donors (Lipinski definition) is 2. The molecule has 1 unspecified atom stereocenters. The van der Waals surface area contributed by atoms with Crippen molar-refractivity contribution >= 4 is 17.3 Å². The van der Waals surface area contributed by atoms with Crippen LogP contribution in [-0.2, 0) is 11.2 Å². The zero-order valence-corrected chi connectivity index (χ0v) is 8.51. The fourth-order valence-corrected chi connectivity index (χ4v) is 2.54. The van der Waals surface area contributed by atoms with Crippen LogP contribution in [0, 0.1) is 0 Å². The van der Waals surface area contributed by atoms with Gasteiger partial charge < -0.3 is 10.4 Å². The Morgan fingerprint density at radius 2 is 2.64 bits per heavy atom. The lowest BCUT2D eigenvalue weighted by atomic mass is 10.2. The monoisotopic (exact) mass is 212 g/mol. The van der Waals surface area contributed by atoms with Crippen LogP contribution >= 0.6 is 11.3 Å². The van der Waals surface area contributed by atoms with E-state index >= 15 is 0 Å². The molecule has 1 aromatic heterocycles. The number of nitrogens with one attached hydrogen (secondary N) is 1. The largest absolute Gasteiger partial charge is 0.481 e. The van der Waals surface area contributed by atoms with E-state index in [2.05, 4.69) is 10.3 Å². The van der Waals surface area contributed by atoms with E-state index in [4.69, 9.17) is 5.11 Å². The Bertz CT molecular complexity index is 331. The molecule has 14 heavy (non-hydrogen) atoms. The molecule has 1 aromatic rings. The van der Waals surface area contributed by atoms with Crippen LogP contribution in [0.2, 0.25) is 0 Å². The summed E-state index contributed by atoms with van der Waals surface area (Å²) in [4.78, 5) is 14.8. The van der Waals surface area contributed by atoms with Gasteiger partial charge in [-0.1, -0.05) is 0 Å². The fraction of sp³-hybridized carbons (Fsp3) is 0.556. The van der Waals surface area contributed by atoms with Crippen molar-refractivity contribution in [3.8, 4) is 0 Å². The Balaban J connectivity index is 2.05. The highest BCUT2D eigenvalue weighted by atomic mass is 32.1. The maximum absolute atomic E-state index is 10.4. The topological polar surface area (TPSA) is 62.2 Å². The maximum Gasteiger partial charge on any atom is 0.309 e. The first-order valence-electron chi connectivity index (χ1n) is 4.65. The molecule has 76 valence electrons. The molecule has 0 aromatic carbocycles. The summed E-state index contributed by atoms with van der Waals surface area (Å²) in [5.41, 5.74) is 0.672. The van der Waals surface area contributed by atoms with Crippen molar-refractivity contribution in [2.24, 2.45) is 0 Å². The van der Waals surface area contributed by atoms with Crippen LogP contribution in [0.3, 0.4) is 0 Å². The minimum absolute atomic E-state index is 0.0310. The SMILES string of the molecule is O=C(O)Cc1csc(C2CCCN2)n1. The van der Waals surface area contributed by atoms with Crippen molar-refractivity contribution < 1.29 is 9.90 Å². The smallest absolute Gasteiger partial charge is 0.309 e. The third kappa shape index (κ3) is 2.10. The number of carboxylic acid groups (broad SMARTS) is 1. The van der Waals surface area contributed by atoms with Crippen molar-refractivity contribution in [2.75, 3.05) is 6.54 Å². The lowest BCUT2D eigenvalue weighted by Crippen LogP contribution is -2.12. The molecule has 5 heteroatoms. The van der Waals surface area contributed by atoms with E-state index in [0.29, 0.717) is 11.7 Å². The number of aromatic nitrogens is 1. The summed E-state index contributed by atoms with van der Waals surface area (Å²) in [5, 5.41) is 14.8. The molecule has 1 fully saturated rings. The second-order valence-electron chi connectivity index (χ2n) is 3.40. The molecular weight excluding hydrogens is 200 g/mol. The van der Waals surface area contributed by atoms with Gasteiger partial charge in [0.05, 0.1) is 18.2 Å². The second kappa shape index (κ2) is 4.06. The van der Waals surface area contributed by atoms with Crippen LogP contribution < -0.4 is 5.32 Å². The molecule has 0 amide bonds. The van der Waals surface area contributed by atoms with Crippen molar-refractivity contribution in [2.45, 2.75) is 25.3 Å². The normalized spacial score (nSPS) is 21.3. The van der Waals surface area contributed by atoms with E-state index in [9.17, 15) is 4.79 Å². The minimum Gasteiger partial charge on any atom is -0.481 e. The average Bonchev–Trinajstić information content (AvgIpc) is 2.69. The van der Waals surface area contributed by atoms with Crippen molar-refractivity contribution in [3.63, 3.8) is 0 Å². The predicted molar refractivity (Wildman–Crippen MR) is 53.4 cm³/mol. The first-order valence-corrected chi connectivity index (χ1v) is 5.53. The van der Waals surface area contributed by atoms with Crippen molar-refractivity contribution in [3.05, 3.63) is 16.1 Å². The summed E-state index contributed by atoms with van der Waals surface area (Å²) < 4.78 is 0. The number of aliphatic carboxylic acids is 1. The standard InChI is InChI=1S/C9H12N2O2S/c12-8(13)4-6-5-14-9(11-6)7-2-1-3-10-7/h5,7,10H,1-4H2,(H,12,13). The number of hydrogen-bond acceptors (Lipinski definition) is 4. The average molecular weight is 212 g/mol. The second-order valence-corrected chi connectivity index (χ2v) is 4.29. The van der Waals surface area contributed by atoms with Gasteiger partial charge in [-0.2, -0.15) is 0 Å². The summed E-state index contributed by atoms with van der Waals surface area (Å²) in [6.07, 6.45) is 2.32. The van der Waals surface area contributed by atoms with Crippen LogP contribution in [0.5, 0.6) is 0 Å². The number of rotatable bonds is 3. The van der Waals surface area contributed by atoms with E-state index in [1.165, 1.54) is 6.42 Å². The highest BCUT2D eigenvalue weighted by Gasteiger charge is 2.19. The van der Waals surface area contributed by atoms with Gasteiger partial charge in [-0.15, -0.1) is 11.3 Å². The Hall–Kier alpha value is -0.940. The molecule has 2 rings (SSSR count). The highest BCUT2D eigenvalue weighted by molar-refractivity contribution is 7.09. The Morgan fingerprint density at radius 3 is 3.29 bits per heavy atom. The van der Waals surface area contributed by atoms with E-state index in [-0.39, 0.29) is 6.42 Å². The fourth-order valence-electron chi connectivity index (χ4n) is 1.61. The van der Waals surface area contributed by atoms with E-state index in [1.54, 1.807) is 11.3 Å². The van der Waals surface area contributed by atoms with E-state index < -0.39 is 5.97 Å². The van der Waals surface area contributed by atoms with Crippen LogP contribution in [0.25, 0.3) is 0 Å². The van der Waals surface area contributed by atoms with Gasteiger partial charge in [0.25, 0.3) is 0 Å². The van der Waals surface area contributed by atoms with Crippen LogP contribution in [0.1, 0.15) is 29.6 Å². The van der Waals surface area contributed by atoms with Gasteiger partial charge in [-0.3, -0.25) is 4.79 Å². The van der Waals surface area contributed by atoms with Gasteiger partial charge in [0.1, 0.15) is 5.01 Å². The molecule has 1 aliphatic heterocycles. The van der Waals surface area contributed by atoms with Gasteiger partial charge in [-0.05, 0) is 19.4 Å². The lowest BCUT2D eigenvalue weighted by molar-refractivity contribution is -0.136. The number of carbonyl (C=O) groups is 1. The molecule has 0 radical (unpaired) electrons. The van der Waals surface area contributed by atoms with Gasteiger partial charge >= 0.3 is 5.97 Å². The number of nitrogens with zero attached hydrogens (tertiary/aromatic N) is 1.